The summed E-state index contributed by atoms with van der Waals surface area (Å²) in [6.45, 7) is 5.21. The van der Waals surface area contributed by atoms with Gasteiger partial charge in [0.2, 0.25) is 0 Å². The van der Waals surface area contributed by atoms with E-state index in [1.807, 2.05) is 40.7 Å². The molecule has 32 heavy (non-hydrogen) atoms. The Morgan fingerprint density at radius 2 is 1.97 bits per heavy atom. The molecule has 2 aromatic carbocycles. The maximum atomic E-state index is 13.0. The average molecular weight is 455 g/mol. The Balaban J connectivity index is 1.70. The number of hydrogen-bond donors (Lipinski definition) is 0. The lowest BCUT2D eigenvalue weighted by Gasteiger charge is -2.28. The fraction of sp³-hybridized carbons (Fsp3) is 0.391. The van der Waals surface area contributed by atoms with Crippen LogP contribution in [0.15, 0.2) is 47.5 Å². The van der Waals surface area contributed by atoms with Crippen molar-refractivity contribution in [3.63, 3.8) is 0 Å². The van der Waals surface area contributed by atoms with Crippen LogP contribution in [-0.4, -0.2) is 41.7 Å². The number of benzene rings is 2. The summed E-state index contributed by atoms with van der Waals surface area (Å²) in [5.74, 6) is -0.491. The number of anilines is 1. The summed E-state index contributed by atoms with van der Waals surface area (Å²) in [6.07, 6.45) is 3.17. The van der Waals surface area contributed by atoms with E-state index in [1.54, 1.807) is 12.1 Å². The smallest absolute Gasteiger partial charge is 0.293 e. The molecule has 1 fully saturated rings. The van der Waals surface area contributed by atoms with Gasteiger partial charge in [0.1, 0.15) is 5.69 Å². The summed E-state index contributed by atoms with van der Waals surface area (Å²) < 4.78 is 8.47. The number of fused-ring (bicyclic) bond motifs is 1. The molecule has 4 rings (SSSR count). The molecule has 1 amide bonds. The number of carbonyl (C=O) groups excluding carboxylic acids is 1. The first-order valence-corrected chi connectivity index (χ1v) is 11.7. The number of amides is 1. The molecule has 2 heterocycles. The van der Waals surface area contributed by atoms with Gasteiger partial charge < -0.3 is 14.2 Å². The minimum atomic E-state index is -0.491. The Kier molecular flexibility index (Phi) is 6.96. The third-order valence-electron chi connectivity index (χ3n) is 5.56. The van der Waals surface area contributed by atoms with Crippen molar-refractivity contribution in [1.29, 1.82) is 0 Å². The molecular formula is C23H26N4O4S. The molecule has 0 N–H and O–H groups in total. The fourth-order valence-corrected chi connectivity index (χ4v) is 5.03. The van der Waals surface area contributed by atoms with Gasteiger partial charge in [0.15, 0.2) is 4.80 Å². The van der Waals surface area contributed by atoms with Gasteiger partial charge in [-0.1, -0.05) is 23.5 Å². The number of ether oxygens (including phenoxy) is 1. The van der Waals surface area contributed by atoms with E-state index in [2.05, 4.69) is 4.99 Å². The zero-order chi connectivity index (χ0) is 22.5. The van der Waals surface area contributed by atoms with Crippen LogP contribution in [0.1, 0.15) is 36.5 Å². The molecule has 1 aliphatic heterocycles. The van der Waals surface area contributed by atoms with Crippen molar-refractivity contribution >= 4 is 38.8 Å². The Bertz CT molecular complexity index is 1190. The fourth-order valence-electron chi connectivity index (χ4n) is 3.98. The molecule has 1 aromatic heterocycles. The van der Waals surface area contributed by atoms with Crippen LogP contribution in [0.3, 0.4) is 0 Å². The summed E-state index contributed by atoms with van der Waals surface area (Å²) in [6, 6.07) is 12.5. The highest BCUT2D eigenvalue weighted by molar-refractivity contribution is 7.16. The van der Waals surface area contributed by atoms with E-state index in [9.17, 15) is 14.9 Å². The van der Waals surface area contributed by atoms with Crippen molar-refractivity contribution < 1.29 is 14.5 Å². The summed E-state index contributed by atoms with van der Waals surface area (Å²) in [5.41, 5.74) is 1.72. The Morgan fingerprint density at radius 3 is 2.72 bits per heavy atom. The van der Waals surface area contributed by atoms with E-state index in [1.165, 1.54) is 17.4 Å². The van der Waals surface area contributed by atoms with Crippen LogP contribution in [-0.2, 0) is 11.3 Å². The van der Waals surface area contributed by atoms with E-state index < -0.39 is 10.8 Å². The summed E-state index contributed by atoms with van der Waals surface area (Å²) in [7, 11) is 0. The zero-order valence-electron chi connectivity index (χ0n) is 18.0. The van der Waals surface area contributed by atoms with Crippen LogP contribution in [0.25, 0.3) is 10.2 Å². The molecule has 168 valence electrons. The summed E-state index contributed by atoms with van der Waals surface area (Å²) in [5, 5.41) is 11.7. The maximum Gasteiger partial charge on any atom is 0.293 e. The van der Waals surface area contributed by atoms with E-state index >= 15 is 0 Å². The van der Waals surface area contributed by atoms with Crippen LogP contribution < -0.4 is 9.70 Å². The number of aromatic nitrogens is 1. The van der Waals surface area contributed by atoms with Crippen LogP contribution in [0.4, 0.5) is 11.4 Å². The largest absolute Gasteiger partial charge is 0.380 e. The Morgan fingerprint density at radius 1 is 1.19 bits per heavy atom. The summed E-state index contributed by atoms with van der Waals surface area (Å²) in [4.78, 5) is 31.2. The molecule has 0 atom stereocenters. The number of piperidine rings is 1. The van der Waals surface area contributed by atoms with Crippen molar-refractivity contribution in [3.8, 4) is 0 Å². The highest BCUT2D eigenvalue weighted by Gasteiger charge is 2.23. The maximum absolute atomic E-state index is 13.0. The van der Waals surface area contributed by atoms with Crippen molar-refractivity contribution in [2.24, 2.45) is 4.99 Å². The van der Waals surface area contributed by atoms with Crippen molar-refractivity contribution in [2.45, 2.75) is 32.7 Å². The Labute approximate surface area is 189 Å². The lowest BCUT2D eigenvalue weighted by Crippen LogP contribution is -2.30. The highest BCUT2D eigenvalue weighted by Crippen LogP contribution is 2.31. The standard InChI is InChI=1S/C23H26N4O4S/c1-2-31-15-14-26-19-8-4-5-9-21(19)32-23(26)24-22(28)17-10-11-18(20(16-17)27(29)30)25-12-6-3-7-13-25/h4-5,8-11,16H,2-3,6-7,12-15H2,1H3. The van der Waals surface area contributed by atoms with Gasteiger partial charge in [-0.3, -0.25) is 14.9 Å². The van der Waals surface area contributed by atoms with Gasteiger partial charge in [0.05, 0.1) is 21.7 Å². The lowest BCUT2D eigenvalue weighted by molar-refractivity contribution is -0.384. The minimum Gasteiger partial charge on any atom is -0.380 e. The second-order valence-electron chi connectivity index (χ2n) is 7.63. The van der Waals surface area contributed by atoms with Gasteiger partial charge in [0, 0.05) is 37.9 Å². The minimum absolute atomic E-state index is 0.0477. The number of hydrogen-bond acceptors (Lipinski definition) is 6. The number of thiazole rings is 1. The van der Waals surface area contributed by atoms with Crippen LogP contribution in [0, 0.1) is 10.1 Å². The quantitative estimate of drug-likeness (QED) is 0.300. The predicted octanol–water partition coefficient (Wildman–Crippen LogP) is 4.38. The first kappa shape index (κ1) is 22.2. The summed E-state index contributed by atoms with van der Waals surface area (Å²) >= 11 is 1.42. The molecule has 1 aliphatic rings. The van der Waals surface area contributed by atoms with Crippen molar-refractivity contribution in [3.05, 3.63) is 62.9 Å². The zero-order valence-corrected chi connectivity index (χ0v) is 18.8. The van der Waals surface area contributed by atoms with Gasteiger partial charge in [-0.15, -0.1) is 0 Å². The Hall–Kier alpha value is -3.04. The van der Waals surface area contributed by atoms with Crippen molar-refractivity contribution in [2.75, 3.05) is 31.2 Å². The number of carbonyl (C=O) groups is 1. The number of nitro benzene ring substituents is 1. The molecule has 1 saturated heterocycles. The highest BCUT2D eigenvalue weighted by atomic mass is 32.1. The van der Waals surface area contributed by atoms with E-state index in [0.29, 0.717) is 30.2 Å². The van der Waals surface area contributed by atoms with Crippen LogP contribution in [0.2, 0.25) is 0 Å². The monoisotopic (exact) mass is 454 g/mol. The lowest BCUT2D eigenvalue weighted by atomic mass is 10.1. The number of rotatable bonds is 7. The molecule has 8 nitrogen and oxygen atoms in total. The molecule has 0 saturated carbocycles. The van der Waals surface area contributed by atoms with Gasteiger partial charge >= 0.3 is 0 Å². The molecule has 0 bridgehead atoms. The average Bonchev–Trinajstić information content (AvgIpc) is 3.16. The number of para-hydroxylation sites is 1. The van der Waals surface area contributed by atoms with Gasteiger partial charge in [-0.05, 0) is 50.5 Å². The van der Waals surface area contributed by atoms with E-state index in [-0.39, 0.29) is 11.3 Å². The van der Waals surface area contributed by atoms with Crippen LogP contribution in [0.5, 0.6) is 0 Å². The molecule has 0 radical (unpaired) electrons. The van der Waals surface area contributed by atoms with Gasteiger partial charge in [-0.2, -0.15) is 4.99 Å². The SMILES string of the molecule is CCOCCn1c(=NC(=O)c2ccc(N3CCCCC3)c([N+](=O)[O-])c2)sc2ccccc21. The van der Waals surface area contributed by atoms with Gasteiger partial charge in [0.25, 0.3) is 11.6 Å². The van der Waals surface area contributed by atoms with E-state index in [4.69, 9.17) is 4.74 Å². The first-order chi connectivity index (χ1) is 15.6. The van der Waals surface area contributed by atoms with Crippen molar-refractivity contribution in [1.82, 2.24) is 4.57 Å². The third kappa shape index (κ3) is 4.73. The predicted molar refractivity (Wildman–Crippen MR) is 125 cm³/mol. The molecule has 0 spiro atoms. The molecular weight excluding hydrogens is 428 g/mol. The van der Waals surface area contributed by atoms with Crippen LogP contribution >= 0.6 is 11.3 Å². The molecule has 3 aromatic rings. The van der Waals surface area contributed by atoms with E-state index in [0.717, 1.165) is 42.6 Å². The number of nitro groups is 1. The molecule has 0 aliphatic carbocycles. The molecule has 0 unspecified atom stereocenters. The molecule has 9 heteroatoms. The van der Waals surface area contributed by atoms with Gasteiger partial charge in [-0.25, -0.2) is 0 Å². The topological polar surface area (TPSA) is 90.0 Å². The normalized spacial score (nSPS) is 14.8. The second-order valence-corrected chi connectivity index (χ2v) is 8.64. The first-order valence-electron chi connectivity index (χ1n) is 10.9. The third-order valence-corrected chi connectivity index (χ3v) is 6.62. The second kappa shape index (κ2) is 10.1. The number of nitrogens with zero attached hydrogens (tertiary/aromatic N) is 4.